The van der Waals surface area contributed by atoms with Gasteiger partial charge in [-0.05, 0) is 25.7 Å². The van der Waals surface area contributed by atoms with Crippen molar-refractivity contribution in [1.29, 1.82) is 0 Å². The van der Waals surface area contributed by atoms with Crippen LogP contribution in [0.3, 0.4) is 0 Å². The molecule has 0 saturated heterocycles. The summed E-state index contributed by atoms with van der Waals surface area (Å²) in [4.78, 5) is 23.5. The molecule has 0 aliphatic heterocycles. The maximum atomic E-state index is 12.9. The van der Waals surface area contributed by atoms with Gasteiger partial charge >= 0.3 is 0 Å². The van der Waals surface area contributed by atoms with Gasteiger partial charge in [-0.1, -0.05) is 19.3 Å². The highest BCUT2D eigenvalue weighted by Crippen LogP contribution is 2.26. The van der Waals surface area contributed by atoms with Gasteiger partial charge in [0, 0.05) is 6.42 Å². The van der Waals surface area contributed by atoms with Crippen molar-refractivity contribution in [1.82, 2.24) is 10.6 Å². The zero-order chi connectivity index (χ0) is 15.9. The van der Waals surface area contributed by atoms with Crippen molar-refractivity contribution in [3.05, 3.63) is 0 Å². The second-order valence-electron chi connectivity index (χ2n) is 5.78. The number of nitrogens with one attached hydrogen (secondary N) is 2. The molecule has 4 N–H and O–H groups in total. The number of hydrogen-bond acceptors (Lipinski definition) is 3. The third-order valence-electron chi connectivity index (χ3n) is 3.79. The number of carbonyl (C=O) groups excluding carboxylic acids is 2. The quantitative estimate of drug-likeness (QED) is 0.660. The first kappa shape index (κ1) is 17.8. The number of halogens is 2. The van der Waals surface area contributed by atoms with E-state index in [1.165, 1.54) is 13.3 Å². The lowest BCUT2D eigenvalue weighted by Gasteiger charge is -2.22. The van der Waals surface area contributed by atoms with E-state index in [0.29, 0.717) is 12.3 Å². The predicted octanol–water partition coefficient (Wildman–Crippen LogP) is 1.17. The van der Waals surface area contributed by atoms with Crippen molar-refractivity contribution < 1.29 is 18.4 Å². The summed E-state index contributed by atoms with van der Waals surface area (Å²) < 4.78 is 25.8. The van der Waals surface area contributed by atoms with E-state index in [9.17, 15) is 18.4 Å². The Morgan fingerprint density at radius 1 is 1.29 bits per heavy atom. The van der Waals surface area contributed by atoms with Crippen molar-refractivity contribution in [2.45, 2.75) is 57.4 Å². The fourth-order valence-corrected chi connectivity index (χ4v) is 2.46. The van der Waals surface area contributed by atoms with E-state index < -0.39 is 31.0 Å². The number of nitrogens with two attached hydrogens (primary N) is 1. The van der Waals surface area contributed by atoms with E-state index in [1.54, 1.807) is 0 Å². The largest absolute Gasteiger partial charge is 0.348 e. The minimum atomic E-state index is -3.12. The normalized spacial score (nSPS) is 18.1. The van der Waals surface area contributed by atoms with E-state index >= 15 is 0 Å². The number of hydrogen-bond donors (Lipinski definition) is 3. The fraction of sp³-hybridized carbons (Fsp3) is 0.857. The van der Waals surface area contributed by atoms with Crippen LogP contribution in [0.1, 0.15) is 45.4 Å². The lowest BCUT2D eigenvalue weighted by molar-refractivity contribution is -0.130. The van der Waals surface area contributed by atoms with E-state index in [4.69, 9.17) is 5.73 Å². The molecule has 5 nitrogen and oxygen atoms in total. The maximum Gasteiger partial charge on any atom is 0.277 e. The Morgan fingerprint density at radius 2 is 1.90 bits per heavy atom. The van der Waals surface area contributed by atoms with Gasteiger partial charge in [-0.2, -0.15) is 0 Å². The summed E-state index contributed by atoms with van der Waals surface area (Å²) in [5, 5.41) is 4.65. The molecule has 1 fully saturated rings. The third kappa shape index (κ3) is 6.84. The first-order valence-corrected chi connectivity index (χ1v) is 7.49. The molecule has 1 unspecified atom stereocenters. The van der Waals surface area contributed by atoms with Crippen molar-refractivity contribution in [3.63, 3.8) is 0 Å². The molecule has 1 rings (SSSR count). The van der Waals surface area contributed by atoms with Gasteiger partial charge in [0.15, 0.2) is 0 Å². The van der Waals surface area contributed by atoms with Crippen LogP contribution in [0.15, 0.2) is 0 Å². The van der Waals surface area contributed by atoms with Crippen LogP contribution in [0, 0.1) is 5.92 Å². The lowest BCUT2D eigenvalue weighted by Crippen LogP contribution is -2.49. The van der Waals surface area contributed by atoms with Gasteiger partial charge in [0.05, 0.1) is 13.1 Å². The Hall–Kier alpha value is -1.24. The number of rotatable bonds is 7. The highest BCUT2D eigenvalue weighted by atomic mass is 19.3. The molecule has 122 valence electrons. The molecular weight excluding hydrogens is 280 g/mol. The molecule has 0 spiro atoms. The average Bonchev–Trinajstić information content (AvgIpc) is 2.45. The molecule has 0 aromatic carbocycles. The maximum absolute atomic E-state index is 12.9. The summed E-state index contributed by atoms with van der Waals surface area (Å²) in [6.45, 7) is -0.157. The Kier molecular flexibility index (Phi) is 7.01. The zero-order valence-corrected chi connectivity index (χ0v) is 12.5. The molecule has 0 radical (unpaired) electrons. The van der Waals surface area contributed by atoms with E-state index in [0.717, 1.165) is 25.7 Å². The van der Waals surface area contributed by atoms with Crippen LogP contribution in [0.4, 0.5) is 8.78 Å². The highest BCUT2D eigenvalue weighted by molar-refractivity contribution is 5.87. The molecule has 1 saturated carbocycles. The summed E-state index contributed by atoms with van der Waals surface area (Å²) in [5.74, 6) is -3.58. The van der Waals surface area contributed by atoms with Gasteiger partial charge in [-0.3, -0.25) is 9.59 Å². The van der Waals surface area contributed by atoms with Crippen molar-refractivity contribution in [2.24, 2.45) is 11.7 Å². The molecule has 21 heavy (non-hydrogen) atoms. The van der Waals surface area contributed by atoms with Gasteiger partial charge in [0.25, 0.3) is 5.92 Å². The molecule has 0 bridgehead atoms. The molecule has 1 atom stereocenters. The lowest BCUT2D eigenvalue weighted by atomic mass is 9.87. The van der Waals surface area contributed by atoms with Crippen LogP contribution in [-0.4, -0.2) is 36.9 Å². The Bertz CT molecular complexity index is 358. The van der Waals surface area contributed by atoms with Crippen LogP contribution in [0.25, 0.3) is 0 Å². The Balaban J connectivity index is 2.29. The molecule has 2 amide bonds. The van der Waals surface area contributed by atoms with E-state index in [2.05, 4.69) is 10.6 Å². The van der Waals surface area contributed by atoms with Gasteiger partial charge in [0.2, 0.25) is 11.8 Å². The number of alkyl halides is 2. The van der Waals surface area contributed by atoms with Gasteiger partial charge < -0.3 is 16.4 Å². The second-order valence-corrected chi connectivity index (χ2v) is 5.78. The molecule has 0 aromatic rings. The first-order chi connectivity index (χ1) is 9.84. The average molecular weight is 305 g/mol. The van der Waals surface area contributed by atoms with E-state index in [-0.39, 0.29) is 5.91 Å². The molecule has 0 aromatic heterocycles. The summed E-state index contributed by atoms with van der Waals surface area (Å²) in [6, 6.07) is -0.824. The van der Waals surface area contributed by atoms with Crippen molar-refractivity contribution in [2.75, 3.05) is 13.1 Å². The number of amides is 2. The standard InChI is InChI=1S/C14H25F2N3O2/c1-10(13(21)18-9-14(15,16)8-17)19-12(20)7-11-5-3-2-4-6-11/h10-11H,2-9,17H2,1H3,(H,18,21)(H,19,20). The van der Waals surface area contributed by atoms with Crippen LogP contribution in [-0.2, 0) is 9.59 Å². The summed E-state index contributed by atoms with van der Waals surface area (Å²) in [7, 11) is 0. The molecule has 1 aliphatic carbocycles. The molecule has 1 aliphatic rings. The molecular formula is C14H25F2N3O2. The summed E-state index contributed by atoms with van der Waals surface area (Å²) >= 11 is 0. The van der Waals surface area contributed by atoms with Gasteiger partial charge in [-0.15, -0.1) is 0 Å². The van der Waals surface area contributed by atoms with Gasteiger partial charge in [0.1, 0.15) is 6.04 Å². The van der Waals surface area contributed by atoms with Crippen LogP contribution in [0.5, 0.6) is 0 Å². The molecule has 0 heterocycles. The Labute approximate surface area is 124 Å². The van der Waals surface area contributed by atoms with Crippen LogP contribution >= 0.6 is 0 Å². The van der Waals surface area contributed by atoms with Crippen molar-refractivity contribution in [3.8, 4) is 0 Å². The fourth-order valence-electron chi connectivity index (χ4n) is 2.46. The summed E-state index contributed by atoms with van der Waals surface area (Å²) in [5.41, 5.74) is 4.88. The first-order valence-electron chi connectivity index (χ1n) is 7.49. The highest BCUT2D eigenvalue weighted by Gasteiger charge is 2.28. The van der Waals surface area contributed by atoms with Gasteiger partial charge in [-0.25, -0.2) is 8.78 Å². The summed E-state index contributed by atoms with van der Waals surface area (Å²) in [6.07, 6.45) is 5.97. The predicted molar refractivity (Wildman–Crippen MR) is 75.8 cm³/mol. The second kappa shape index (κ2) is 8.26. The zero-order valence-electron chi connectivity index (χ0n) is 12.5. The topological polar surface area (TPSA) is 84.2 Å². The van der Waals surface area contributed by atoms with Crippen LogP contribution < -0.4 is 16.4 Å². The van der Waals surface area contributed by atoms with Crippen molar-refractivity contribution >= 4 is 11.8 Å². The minimum Gasteiger partial charge on any atom is -0.348 e. The number of carbonyl (C=O) groups is 2. The smallest absolute Gasteiger partial charge is 0.277 e. The third-order valence-corrected chi connectivity index (χ3v) is 3.79. The Morgan fingerprint density at radius 3 is 2.48 bits per heavy atom. The molecule has 7 heteroatoms. The van der Waals surface area contributed by atoms with E-state index in [1.807, 2.05) is 0 Å². The van der Waals surface area contributed by atoms with Crippen LogP contribution in [0.2, 0.25) is 0 Å². The minimum absolute atomic E-state index is 0.199. The monoisotopic (exact) mass is 305 g/mol. The SMILES string of the molecule is CC(NC(=O)CC1CCCCC1)C(=O)NCC(F)(F)CN.